The van der Waals surface area contributed by atoms with Crippen LogP contribution in [0.25, 0.3) is 0 Å². The van der Waals surface area contributed by atoms with Crippen LogP contribution in [0.4, 0.5) is 5.95 Å². The van der Waals surface area contributed by atoms with Crippen molar-refractivity contribution in [3.05, 3.63) is 35.4 Å². The molecule has 0 saturated heterocycles. The average Bonchev–Trinajstić information content (AvgIpc) is 2.47. The lowest BCUT2D eigenvalue weighted by molar-refractivity contribution is 0.341. The highest BCUT2D eigenvalue weighted by Gasteiger charge is 2.25. The Bertz CT molecular complexity index is 596. The van der Waals surface area contributed by atoms with Gasteiger partial charge in [-0.2, -0.15) is 9.97 Å². The van der Waals surface area contributed by atoms with Gasteiger partial charge in [-0.25, -0.2) is 0 Å². The quantitative estimate of drug-likeness (QED) is 0.892. The van der Waals surface area contributed by atoms with E-state index in [1.165, 1.54) is 25.3 Å². The predicted molar refractivity (Wildman–Crippen MR) is 74.3 cm³/mol. The molecular formula is C14H16N4O2. The van der Waals surface area contributed by atoms with Crippen molar-refractivity contribution in [2.24, 2.45) is 0 Å². The van der Waals surface area contributed by atoms with Crippen LogP contribution in [0.3, 0.4) is 0 Å². The first-order chi connectivity index (χ1) is 9.80. The maximum Gasteiger partial charge on any atom is 0.324 e. The van der Waals surface area contributed by atoms with E-state index in [9.17, 15) is 0 Å². The third-order valence-electron chi connectivity index (χ3n) is 3.43. The van der Waals surface area contributed by atoms with Crippen molar-refractivity contribution in [3.63, 3.8) is 0 Å². The number of aromatic nitrogens is 3. The van der Waals surface area contributed by atoms with E-state index in [0.717, 1.165) is 13.0 Å². The van der Waals surface area contributed by atoms with E-state index in [0.29, 0.717) is 11.9 Å². The molecule has 6 heteroatoms. The van der Waals surface area contributed by atoms with Crippen molar-refractivity contribution in [1.29, 1.82) is 0 Å². The number of rotatable bonds is 5. The van der Waals surface area contributed by atoms with Gasteiger partial charge in [0, 0.05) is 12.5 Å². The van der Waals surface area contributed by atoms with Crippen LogP contribution in [-0.2, 0) is 6.42 Å². The molecule has 0 saturated carbocycles. The molecule has 0 spiro atoms. The number of fused-ring (bicyclic) bond motifs is 1. The third-order valence-corrected chi connectivity index (χ3v) is 3.43. The molecule has 20 heavy (non-hydrogen) atoms. The van der Waals surface area contributed by atoms with Crippen molar-refractivity contribution in [2.45, 2.75) is 12.3 Å². The van der Waals surface area contributed by atoms with Gasteiger partial charge < -0.3 is 14.8 Å². The van der Waals surface area contributed by atoms with Crippen LogP contribution in [0.2, 0.25) is 0 Å². The molecule has 2 aromatic rings. The molecule has 1 atom stereocenters. The largest absolute Gasteiger partial charge is 0.467 e. The Balaban J connectivity index is 1.67. The SMILES string of the molecule is COc1nc(NCC2Cc3ccccc32)nc(OC)n1. The maximum atomic E-state index is 5.02. The number of methoxy groups -OCH3 is 2. The summed E-state index contributed by atoms with van der Waals surface area (Å²) in [5.41, 5.74) is 2.82. The summed E-state index contributed by atoms with van der Waals surface area (Å²) >= 11 is 0. The maximum absolute atomic E-state index is 5.02. The van der Waals surface area contributed by atoms with Gasteiger partial charge in [0.05, 0.1) is 14.2 Å². The van der Waals surface area contributed by atoms with Gasteiger partial charge in [0.15, 0.2) is 0 Å². The lowest BCUT2D eigenvalue weighted by atomic mass is 9.78. The Labute approximate surface area is 117 Å². The highest BCUT2D eigenvalue weighted by molar-refractivity contribution is 5.41. The zero-order valence-corrected chi connectivity index (χ0v) is 11.5. The zero-order chi connectivity index (χ0) is 13.9. The van der Waals surface area contributed by atoms with E-state index in [1.807, 2.05) is 0 Å². The van der Waals surface area contributed by atoms with Gasteiger partial charge in [-0.15, -0.1) is 4.98 Å². The molecule has 1 heterocycles. The summed E-state index contributed by atoms with van der Waals surface area (Å²) in [5.74, 6) is 0.970. The number of hydrogen-bond donors (Lipinski definition) is 1. The molecule has 1 aromatic carbocycles. The highest BCUT2D eigenvalue weighted by Crippen LogP contribution is 2.34. The molecular weight excluding hydrogens is 256 g/mol. The van der Waals surface area contributed by atoms with Gasteiger partial charge in [-0.05, 0) is 17.5 Å². The average molecular weight is 272 g/mol. The normalized spacial score (nSPS) is 16.0. The van der Waals surface area contributed by atoms with Gasteiger partial charge in [-0.1, -0.05) is 24.3 Å². The fourth-order valence-corrected chi connectivity index (χ4v) is 2.36. The molecule has 1 unspecified atom stereocenters. The number of hydrogen-bond acceptors (Lipinski definition) is 6. The van der Waals surface area contributed by atoms with Gasteiger partial charge in [0.2, 0.25) is 5.95 Å². The predicted octanol–water partition coefficient (Wildman–Crippen LogP) is 1.64. The van der Waals surface area contributed by atoms with Crippen LogP contribution in [0, 0.1) is 0 Å². The van der Waals surface area contributed by atoms with Crippen molar-refractivity contribution < 1.29 is 9.47 Å². The van der Waals surface area contributed by atoms with E-state index in [-0.39, 0.29) is 12.0 Å². The molecule has 1 aliphatic rings. The summed E-state index contributed by atoms with van der Waals surface area (Å²) in [4.78, 5) is 12.3. The minimum atomic E-state index is 0.244. The molecule has 1 N–H and O–H groups in total. The Kier molecular flexibility index (Phi) is 3.37. The lowest BCUT2D eigenvalue weighted by Crippen LogP contribution is -2.25. The Hall–Kier alpha value is -2.37. The monoisotopic (exact) mass is 272 g/mol. The van der Waals surface area contributed by atoms with Crippen LogP contribution in [-0.4, -0.2) is 35.7 Å². The second-order valence-corrected chi connectivity index (χ2v) is 4.61. The van der Waals surface area contributed by atoms with E-state index >= 15 is 0 Å². The molecule has 0 amide bonds. The molecule has 6 nitrogen and oxygen atoms in total. The Morgan fingerprint density at radius 1 is 1.10 bits per heavy atom. The summed E-state index contributed by atoms with van der Waals surface area (Å²) in [6.07, 6.45) is 1.09. The summed E-state index contributed by atoms with van der Waals surface area (Å²) < 4.78 is 10.0. The summed E-state index contributed by atoms with van der Waals surface area (Å²) in [7, 11) is 3.03. The minimum absolute atomic E-state index is 0.244. The van der Waals surface area contributed by atoms with Gasteiger partial charge in [-0.3, -0.25) is 0 Å². The summed E-state index contributed by atoms with van der Waals surface area (Å²) in [5, 5.41) is 3.21. The van der Waals surface area contributed by atoms with Crippen molar-refractivity contribution in [2.75, 3.05) is 26.1 Å². The minimum Gasteiger partial charge on any atom is -0.467 e. The third kappa shape index (κ3) is 2.36. The molecule has 0 bridgehead atoms. The van der Waals surface area contributed by atoms with Crippen molar-refractivity contribution in [3.8, 4) is 12.0 Å². The Morgan fingerprint density at radius 3 is 2.45 bits per heavy atom. The molecule has 104 valence electrons. The van der Waals surface area contributed by atoms with Crippen LogP contribution < -0.4 is 14.8 Å². The first-order valence-corrected chi connectivity index (χ1v) is 6.46. The number of nitrogens with one attached hydrogen (secondary N) is 1. The van der Waals surface area contributed by atoms with Crippen LogP contribution in [0.15, 0.2) is 24.3 Å². The van der Waals surface area contributed by atoms with Gasteiger partial charge in [0.1, 0.15) is 0 Å². The van der Waals surface area contributed by atoms with Crippen molar-refractivity contribution >= 4 is 5.95 Å². The van der Waals surface area contributed by atoms with Crippen molar-refractivity contribution in [1.82, 2.24) is 15.0 Å². The first kappa shape index (κ1) is 12.7. The van der Waals surface area contributed by atoms with E-state index in [2.05, 4.69) is 44.5 Å². The molecule has 1 aliphatic carbocycles. The lowest BCUT2D eigenvalue weighted by Gasteiger charge is -2.30. The molecule has 1 aromatic heterocycles. The van der Waals surface area contributed by atoms with Gasteiger partial charge >= 0.3 is 12.0 Å². The standard InChI is InChI=1S/C14H16N4O2/c1-19-13-16-12(17-14(18-13)20-2)15-8-10-7-9-5-3-4-6-11(9)10/h3-6,10H,7-8H2,1-2H3,(H,15,16,17,18). The smallest absolute Gasteiger partial charge is 0.324 e. The van der Waals surface area contributed by atoms with E-state index in [1.54, 1.807) is 0 Å². The van der Waals surface area contributed by atoms with Gasteiger partial charge in [0.25, 0.3) is 0 Å². The van der Waals surface area contributed by atoms with E-state index in [4.69, 9.17) is 9.47 Å². The topological polar surface area (TPSA) is 69.2 Å². The Morgan fingerprint density at radius 2 is 1.80 bits per heavy atom. The van der Waals surface area contributed by atoms with Crippen LogP contribution >= 0.6 is 0 Å². The fourth-order valence-electron chi connectivity index (χ4n) is 2.36. The molecule has 3 rings (SSSR count). The van der Waals surface area contributed by atoms with Crippen LogP contribution in [0.1, 0.15) is 17.0 Å². The molecule has 0 fully saturated rings. The second kappa shape index (κ2) is 5.32. The first-order valence-electron chi connectivity index (χ1n) is 6.46. The highest BCUT2D eigenvalue weighted by atomic mass is 16.5. The summed E-state index contributed by atoms with van der Waals surface area (Å²) in [6, 6.07) is 8.96. The number of nitrogens with zero attached hydrogens (tertiary/aromatic N) is 3. The number of benzene rings is 1. The number of ether oxygens (including phenoxy) is 2. The molecule has 0 radical (unpaired) electrons. The summed E-state index contributed by atoms with van der Waals surface area (Å²) in [6.45, 7) is 0.785. The second-order valence-electron chi connectivity index (χ2n) is 4.61. The van der Waals surface area contributed by atoms with Crippen LogP contribution in [0.5, 0.6) is 12.0 Å². The fraction of sp³-hybridized carbons (Fsp3) is 0.357. The number of anilines is 1. The molecule has 0 aliphatic heterocycles. The van der Waals surface area contributed by atoms with E-state index < -0.39 is 0 Å². The zero-order valence-electron chi connectivity index (χ0n) is 11.5.